The third-order valence-electron chi connectivity index (χ3n) is 7.54. The number of aliphatic hydroxyl groups is 1. The maximum absolute atomic E-state index is 12.7. The zero-order chi connectivity index (χ0) is 20.6. The molecule has 0 spiro atoms. The van der Waals surface area contributed by atoms with Gasteiger partial charge < -0.3 is 14.3 Å². The van der Waals surface area contributed by atoms with Crippen molar-refractivity contribution in [2.75, 3.05) is 7.11 Å². The molecule has 0 saturated heterocycles. The van der Waals surface area contributed by atoms with E-state index < -0.39 is 20.0 Å². The van der Waals surface area contributed by atoms with Crippen molar-refractivity contribution < 1.29 is 19.1 Å². The van der Waals surface area contributed by atoms with Crippen molar-refractivity contribution in [1.29, 1.82) is 0 Å². The molecule has 0 aliphatic heterocycles. The van der Waals surface area contributed by atoms with Gasteiger partial charge in [-0.05, 0) is 54.1 Å². The van der Waals surface area contributed by atoms with Gasteiger partial charge in [0.05, 0.1) is 24.7 Å². The summed E-state index contributed by atoms with van der Waals surface area (Å²) in [5.74, 6) is -0.147. The number of carbonyl (C=O) groups excluding carboxylic acids is 1. The molecule has 0 heterocycles. The lowest BCUT2D eigenvalue weighted by Crippen LogP contribution is -2.69. The summed E-state index contributed by atoms with van der Waals surface area (Å²) in [4.78, 5) is 12.7. The van der Waals surface area contributed by atoms with Gasteiger partial charge in [-0.1, -0.05) is 47.6 Å². The van der Waals surface area contributed by atoms with E-state index in [0.29, 0.717) is 22.5 Å². The molecule has 3 rings (SSSR count). The van der Waals surface area contributed by atoms with E-state index >= 15 is 0 Å². The van der Waals surface area contributed by atoms with Crippen molar-refractivity contribution in [1.82, 2.24) is 0 Å². The number of allylic oxidation sites excluding steroid dienone is 1. The van der Waals surface area contributed by atoms with E-state index in [9.17, 15) is 9.90 Å². The van der Waals surface area contributed by atoms with E-state index in [1.807, 2.05) is 6.08 Å². The van der Waals surface area contributed by atoms with Crippen molar-refractivity contribution in [3.63, 3.8) is 0 Å². The van der Waals surface area contributed by atoms with Crippen LogP contribution < -0.4 is 0 Å². The molecule has 5 heteroatoms. The Morgan fingerprint density at radius 2 is 1.78 bits per heavy atom. The first-order valence-electron chi connectivity index (χ1n) is 10.6. The van der Waals surface area contributed by atoms with E-state index in [0.717, 1.165) is 25.7 Å². The number of hydrogen-bond donors (Lipinski definition) is 1. The predicted molar refractivity (Wildman–Crippen MR) is 112 cm³/mol. The average molecular weight is 397 g/mol. The number of rotatable bonds is 8. The highest BCUT2D eigenvalue weighted by molar-refractivity contribution is 6.77. The number of hydrogen-bond acceptors (Lipinski definition) is 4. The van der Waals surface area contributed by atoms with Gasteiger partial charge in [0.15, 0.2) is 0 Å². The Bertz CT molecular complexity index is 523. The summed E-state index contributed by atoms with van der Waals surface area (Å²) < 4.78 is 12.4. The summed E-state index contributed by atoms with van der Waals surface area (Å²) in [7, 11) is -0.824. The van der Waals surface area contributed by atoms with Crippen LogP contribution in [-0.2, 0) is 14.0 Å². The summed E-state index contributed by atoms with van der Waals surface area (Å²) in [6.07, 6.45) is 4.52. The third-order valence-corrected chi connectivity index (χ3v) is 13.7. The van der Waals surface area contributed by atoms with Crippen LogP contribution in [0.4, 0.5) is 0 Å². The van der Waals surface area contributed by atoms with Gasteiger partial charge in [-0.3, -0.25) is 4.79 Å². The minimum atomic E-state index is -2.27. The van der Waals surface area contributed by atoms with Gasteiger partial charge in [0.1, 0.15) is 0 Å². The first kappa shape index (κ1) is 22.6. The molecule has 3 aliphatic rings. The maximum atomic E-state index is 12.7. The van der Waals surface area contributed by atoms with Crippen molar-refractivity contribution in [2.24, 2.45) is 17.8 Å². The molecule has 3 saturated carbocycles. The lowest BCUT2D eigenvalue weighted by atomic mass is 9.55. The second-order valence-corrected chi connectivity index (χ2v) is 15.0. The molecule has 0 aromatic heterocycles. The summed E-state index contributed by atoms with van der Waals surface area (Å²) in [5, 5.41) is 11.5. The third kappa shape index (κ3) is 3.55. The molecular weight excluding hydrogens is 356 g/mol. The van der Waals surface area contributed by atoms with Gasteiger partial charge in [-0.25, -0.2) is 0 Å². The van der Waals surface area contributed by atoms with Crippen LogP contribution in [0.1, 0.15) is 67.2 Å². The number of carbonyl (C=O) groups is 1. The molecule has 1 N–H and O–H groups in total. The van der Waals surface area contributed by atoms with Gasteiger partial charge >= 0.3 is 5.97 Å². The number of esters is 1. The van der Waals surface area contributed by atoms with Crippen molar-refractivity contribution in [2.45, 2.75) is 95.6 Å². The normalized spacial score (nSPS) is 33.7. The van der Waals surface area contributed by atoms with Crippen LogP contribution in [0.5, 0.6) is 0 Å². The zero-order valence-electron chi connectivity index (χ0n) is 18.3. The van der Waals surface area contributed by atoms with Crippen LogP contribution >= 0.6 is 0 Å². The van der Waals surface area contributed by atoms with Gasteiger partial charge in [0.25, 0.3) is 0 Å². The standard InChI is InChI=1S/C22H40O4Si/c1-9-10-18-17-11-12-22(20(18)23,19(13-17)21(24)25-8)26-27(14(2)3,15(4)5)16(6)7/h9,14-20,23H,1,10-13H2,2-8H3. The Morgan fingerprint density at radius 3 is 2.22 bits per heavy atom. The first-order valence-corrected chi connectivity index (χ1v) is 12.8. The lowest BCUT2D eigenvalue weighted by Gasteiger charge is -2.61. The van der Waals surface area contributed by atoms with Gasteiger partial charge in [-0.2, -0.15) is 0 Å². The summed E-state index contributed by atoms with van der Waals surface area (Å²) in [6, 6.07) is 0. The SMILES string of the molecule is C=CCC1C2CCC(O[Si](C(C)C)(C(C)C)C(C)C)(C(C(=O)OC)C2)C1O. The molecule has 156 valence electrons. The highest BCUT2D eigenvalue weighted by atomic mass is 28.4. The van der Waals surface area contributed by atoms with Gasteiger partial charge in [-0.15, -0.1) is 6.58 Å². The second kappa shape index (κ2) is 8.38. The summed E-state index contributed by atoms with van der Waals surface area (Å²) in [5.41, 5.74) is 0.375. The van der Waals surface area contributed by atoms with E-state index in [-0.39, 0.29) is 17.8 Å². The smallest absolute Gasteiger partial charge is 0.311 e. The molecular formula is C22H40O4Si. The Hall–Kier alpha value is -0.653. The summed E-state index contributed by atoms with van der Waals surface area (Å²) in [6.45, 7) is 17.4. The van der Waals surface area contributed by atoms with Crippen molar-refractivity contribution in [3.05, 3.63) is 12.7 Å². The monoisotopic (exact) mass is 396 g/mol. The second-order valence-electron chi connectivity index (χ2n) is 9.62. The molecule has 0 aromatic rings. The van der Waals surface area contributed by atoms with E-state index in [1.54, 1.807) is 0 Å². The molecule has 3 aliphatic carbocycles. The molecule has 2 bridgehead atoms. The minimum Gasteiger partial charge on any atom is -0.469 e. The average Bonchev–Trinajstić information content (AvgIpc) is 2.61. The zero-order valence-corrected chi connectivity index (χ0v) is 19.3. The molecule has 27 heavy (non-hydrogen) atoms. The van der Waals surface area contributed by atoms with Gasteiger partial charge in [0.2, 0.25) is 8.32 Å². The fourth-order valence-electron chi connectivity index (χ4n) is 6.39. The van der Waals surface area contributed by atoms with Crippen molar-refractivity contribution in [3.8, 4) is 0 Å². The van der Waals surface area contributed by atoms with Crippen LogP contribution in [0.2, 0.25) is 16.6 Å². The van der Waals surface area contributed by atoms with Crippen LogP contribution in [0.15, 0.2) is 12.7 Å². The topological polar surface area (TPSA) is 55.8 Å². The fourth-order valence-corrected chi connectivity index (χ4v) is 12.1. The van der Waals surface area contributed by atoms with Crippen LogP contribution in [0, 0.1) is 17.8 Å². The van der Waals surface area contributed by atoms with E-state index in [1.165, 1.54) is 7.11 Å². The Balaban J connectivity index is 2.56. The Morgan fingerprint density at radius 1 is 1.22 bits per heavy atom. The quantitative estimate of drug-likeness (QED) is 0.353. The number of ether oxygens (including phenoxy) is 1. The molecule has 0 radical (unpaired) electrons. The van der Waals surface area contributed by atoms with Crippen LogP contribution in [0.3, 0.4) is 0 Å². The number of methoxy groups -OCH3 is 1. The molecule has 0 aromatic carbocycles. The van der Waals surface area contributed by atoms with E-state index in [2.05, 4.69) is 48.1 Å². The molecule has 5 unspecified atom stereocenters. The highest BCUT2D eigenvalue weighted by Crippen LogP contribution is 2.58. The number of aliphatic hydroxyl groups excluding tert-OH is 1. The van der Waals surface area contributed by atoms with Crippen LogP contribution in [-0.4, -0.2) is 38.2 Å². The largest absolute Gasteiger partial charge is 0.469 e. The molecule has 0 amide bonds. The highest BCUT2D eigenvalue weighted by Gasteiger charge is 2.64. The predicted octanol–water partition coefficient (Wildman–Crippen LogP) is 5.07. The van der Waals surface area contributed by atoms with E-state index in [4.69, 9.17) is 9.16 Å². The maximum Gasteiger partial charge on any atom is 0.311 e. The Kier molecular flexibility index (Phi) is 7.02. The molecule has 5 atom stereocenters. The fraction of sp³-hybridized carbons (Fsp3) is 0.864. The molecule has 4 nitrogen and oxygen atoms in total. The van der Waals surface area contributed by atoms with Crippen molar-refractivity contribution >= 4 is 14.3 Å². The Labute approximate surface area is 166 Å². The number of fused-ring (bicyclic) bond motifs is 3. The summed E-state index contributed by atoms with van der Waals surface area (Å²) >= 11 is 0. The minimum absolute atomic E-state index is 0.121. The van der Waals surface area contributed by atoms with Gasteiger partial charge in [0, 0.05) is 0 Å². The van der Waals surface area contributed by atoms with Crippen LogP contribution in [0.25, 0.3) is 0 Å². The molecule has 3 fully saturated rings. The first-order chi connectivity index (χ1) is 12.6. The lowest BCUT2D eigenvalue weighted by molar-refractivity contribution is -0.212.